The second-order valence-electron chi connectivity index (χ2n) is 6.63. The molecule has 1 aliphatic carbocycles. The van der Waals surface area contributed by atoms with Crippen molar-refractivity contribution in [1.82, 2.24) is 10.2 Å². The molecule has 1 saturated carbocycles. The maximum Gasteiger partial charge on any atom is 0.246 e. The van der Waals surface area contributed by atoms with Crippen molar-refractivity contribution in [3.05, 3.63) is 29.8 Å². The smallest absolute Gasteiger partial charge is 0.246 e. The van der Waals surface area contributed by atoms with E-state index in [0.29, 0.717) is 13.1 Å². The van der Waals surface area contributed by atoms with Crippen molar-refractivity contribution in [2.75, 3.05) is 19.3 Å². The molecule has 0 aromatic heterocycles. The number of carbonyl (C=O) groups excluding carboxylic acids is 2. The Bertz CT molecular complexity index is 749. The molecule has 1 N–H and O–H groups in total. The van der Waals surface area contributed by atoms with Gasteiger partial charge in [-0.1, -0.05) is 25.0 Å². The van der Waals surface area contributed by atoms with E-state index >= 15 is 0 Å². The van der Waals surface area contributed by atoms with E-state index in [1.54, 1.807) is 17.0 Å². The van der Waals surface area contributed by atoms with Crippen molar-refractivity contribution in [3.63, 3.8) is 0 Å². The van der Waals surface area contributed by atoms with Gasteiger partial charge in [0.25, 0.3) is 0 Å². The number of amides is 2. The Morgan fingerprint density at radius 3 is 2.42 bits per heavy atom. The van der Waals surface area contributed by atoms with Crippen LogP contribution in [0.1, 0.15) is 31.2 Å². The van der Waals surface area contributed by atoms with Crippen LogP contribution in [0.4, 0.5) is 0 Å². The minimum absolute atomic E-state index is 0.0352. The third-order valence-electron chi connectivity index (χ3n) is 5.00. The molecule has 2 aliphatic rings. The van der Waals surface area contributed by atoms with Gasteiger partial charge in [-0.3, -0.25) is 9.59 Å². The minimum Gasteiger partial charge on any atom is -0.352 e. The highest BCUT2D eigenvalue weighted by Crippen LogP contribution is 2.37. The first-order valence-corrected chi connectivity index (χ1v) is 10.1. The van der Waals surface area contributed by atoms with Crippen LogP contribution < -0.4 is 5.32 Å². The Morgan fingerprint density at radius 2 is 1.83 bits per heavy atom. The Kier molecular flexibility index (Phi) is 4.38. The van der Waals surface area contributed by atoms with Crippen molar-refractivity contribution in [2.45, 2.75) is 42.5 Å². The predicted molar refractivity (Wildman–Crippen MR) is 89.2 cm³/mol. The summed E-state index contributed by atoms with van der Waals surface area (Å²) in [6, 6.07) is 6.37. The number of hydrogen-bond donors (Lipinski definition) is 1. The van der Waals surface area contributed by atoms with Crippen molar-refractivity contribution in [3.8, 4) is 0 Å². The van der Waals surface area contributed by atoms with Gasteiger partial charge in [0.05, 0.1) is 11.3 Å². The highest BCUT2D eigenvalue weighted by Gasteiger charge is 2.49. The molecular formula is C17H22N2O4S. The number of benzene rings is 1. The molecule has 1 spiro atoms. The molecule has 24 heavy (non-hydrogen) atoms. The summed E-state index contributed by atoms with van der Waals surface area (Å²) in [6.45, 7) is 1.02. The molecule has 0 unspecified atom stereocenters. The molecule has 130 valence electrons. The highest BCUT2D eigenvalue weighted by atomic mass is 32.2. The summed E-state index contributed by atoms with van der Waals surface area (Å²) in [5.74, 6) is -0.106. The molecular weight excluding hydrogens is 328 g/mol. The molecule has 2 amide bonds. The van der Waals surface area contributed by atoms with E-state index in [1.165, 1.54) is 12.1 Å². The van der Waals surface area contributed by atoms with Gasteiger partial charge in [-0.15, -0.1) is 0 Å². The fraction of sp³-hybridized carbons (Fsp3) is 0.529. The lowest BCUT2D eigenvalue weighted by Crippen LogP contribution is -2.65. The van der Waals surface area contributed by atoms with E-state index in [0.717, 1.165) is 37.5 Å². The van der Waals surface area contributed by atoms with Crippen LogP contribution >= 0.6 is 0 Å². The summed E-state index contributed by atoms with van der Waals surface area (Å²) >= 11 is 0. The zero-order valence-electron chi connectivity index (χ0n) is 13.7. The van der Waals surface area contributed by atoms with Crippen molar-refractivity contribution >= 4 is 21.7 Å². The van der Waals surface area contributed by atoms with Crippen molar-refractivity contribution in [2.24, 2.45) is 0 Å². The third-order valence-corrected chi connectivity index (χ3v) is 6.13. The van der Waals surface area contributed by atoms with Gasteiger partial charge in [-0.2, -0.15) is 0 Å². The van der Waals surface area contributed by atoms with E-state index in [2.05, 4.69) is 5.32 Å². The van der Waals surface area contributed by atoms with Crippen LogP contribution in [0.3, 0.4) is 0 Å². The normalized spacial score (nSPS) is 20.2. The Hall–Kier alpha value is -1.89. The van der Waals surface area contributed by atoms with Crippen LogP contribution in [-0.4, -0.2) is 50.0 Å². The van der Waals surface area contributed by atoms with E-state index < -0.39 is 15.4 Å². The van der Waals surface area contributed by atoms with E-state index in [4.69, 9.17) is 0 Å². The third kappa shape index (κ3) is 3.05. The summed E-state index contributed by atoms with van der Waals surface area (Å²) in [6.07, 6.45) is 4.69. The number of sulfone groups is 1. The molecule has 2 fully saturated rings. The number of piperazine rings is 1. The number of nitrogens with zero attached hydrogens (tertiary/aromatic N) is 1. The highest BCUT2D eigenvalue weighted by molar-refractivity contribution is 7.90. The van der Waals surface area contributed by atoms with Crippen molar-refractivity contribution in [1.29, 1.82) is 0 Å². The van der Waals surface area contributed by atoms with Gasteiger partial charge in [0.15, 0.2) is 9.84 Å². The van der Waals surface area contributed by atoms with Crippen LogP contribution in [0.2, 0.25) is 0 Å². The van der Waals surface area contributed by atoms with Gasteiger partial charge in [0.2, 0.25) is 11.8 Å². The molecule has 0 bridgehead atoms. The summed E-state index contributed by atoms with van der Waals surface area (Å²) in [4.78, 5) is 27.1. The standard InChI is InChI=1S/C17H22N2O4S/c1-24(22,23)14-6-4-13(5-7-14)12-15(20)19-11-10-18-16(21)17(19)8-2-3-9-17/h4-7H,2-3,8-12H2,1H3,(H,18,21). The van der Waals surface area contributed by atoms with E-state index in [9.17, 15) is 18.0 Å². The molecule has 1 aromatic carbocycles. The Morgan fingerprint density at radius 1 is 1.21 bits per heavy atom. The number of carbonyl (C=O) groups is 2. The SMILES string of the molecule is CS(=O)(=O)c1ccc(CC(=O)N2CCNC(=O)C23CCCC3)cc1. The summed E-state index contributed by atoms with van der Waals surface area (Å²) in [5, 5.41) is 2.89. The number of nitrogens with one attached hydrogen (secondary N) is 1. The van der Waals surface area contributed by atoms with Crippen LogP contribution in [0.15, 0.2) is 29.2 Å². The molecule has 1 aliphatic heterocycles. The summed E-state index contributed by atoms with van der Waals surface area (Å²) < 4.78 is 23.0. The first kappa shape index (κ1) is 17.0. The molecule has 1 heterocycles. The van der Waals surface area contributed by atoms with Crippen LogP contribution in [-0.2, 0) is 25.8 Å². The summed E-state index contributed by atoms with van der Waals surface area (Å²) in [5.41, 5.74) is 0.0775. The first-order valence-electron chi connectivity index (χ1n) is 8.21. The lowest BCUT2D eigenvalue weighted by molar-refractivity contribution is -0.150. The second-order valence-corrected chi connectivity index (χ2v) is 8.65. The molecule has 1 saturated heterocycles. The number of rotatable bonds is 3. The van der Waals surface area contributed by atoms with E-state index in [-0.39, 0.29) is 23.1 Å². The van der Waals surface area contributed by atoms with Crippen LogP contribution in [0, 0.1) is 0 Å². The van der Waals surface area contributed by atoms with Gasteiger partial charge < -0.3 is 10.2 Å². The molecule has 1 aromatic rings. The fourth-order valence-electron chi connectivity index (χ4n) is 3.73. The fourth-order valence-corrected chi connectivity index (χ4v) is 4.36. The van der Waals surface area contributed by atoms with Gasteiger partial charge in [-0.05, 0) is 30.5 Å². The maximum atomic E-state index is 12.8. The lowest BCUT2D eigenvalue weighted by Gasteiger charge is -2.43. The first-order chi connectivity index (χ1) is 11.3. The zero-order valence-corrected chi connectivity index (χ0v) is 14.6. The Balaban J connectivity index is 1.77. The molecule has 0 atom stereocenters. The molecule has 6 nitrogen and oxygen atoms in total. The summed E-state index contributed by atoms with van der Waals surface area (Å²) in [7, 11) is -3.24. The largest absolute Gasteiger partial charge is 0.352 e. The monoisotopic (exact) mass is 350 g/mol. The average molecular weight is 350 g/mol. The van der Waals surface area contributed by atoms with Gasteiger partial charge >= 0.3 is 0 Å². The maximum absolute atomic E-state index is 12.8. The zero-order chi connectivity index (χ0) is 17.4. The van der Waals surface area contributed by atoms with Crippen LogP contribution in [0.25, 0.3) is 0 Å². The Labute approximate surface area is 142 Å². The minimum atomic E-state index is -3.24. The number of hydrogen-bond acceptors (Lipinski definition) is 4. The predicted octanol–water partition coefficient (Wildman–Crippen LogP) is 0.904. The van der Waals surface area contributed by atoms with Crippen LogP contribution in [0.5, 0.6) is 0 Å². The quantitative estimate of drug-likeness (QED) is 0.878. The topological polar surface area (TPSA) is 83.6 Å². The second kappa shape index (κ2) is 6.20. The molecule has 3 rings (SSSR count). The van der Waals surface area contributed by atoms with Crippen molar-refractivity contribution < 1.29 is 18.0 Å². The average Bonchev–Trinajstić information content (AvgIpc) is 3.00. The van der Waals surface area contributed by atoms with Gasteiger partial charge in [0, 0.05) is 19.3 Å². The lowest BCUT2D eigenvalue weighted by atomic mass is 9.91. The van der Waals surface area contributed by atoms with Gasteiger partial charge in [0.1, 0.15) is 5.54 Å². The van der Waals surface area contributed by atoms with Gasteiger partial charge in [-0.25, -0.2) is 8.42 Å². The molecule has 7 heteroatoms. The molecule has 0 radical (unpaired) electrons. The van der Waals surface area contributed by atoms with E-state index in [1.807, 2.05) is 0 Å².